The maximum atomic E-state index is 13.3. The van der Waals surface area contributed by atoms with Gasteiger partial charge in [0.2, 0.25) is 0 Å². The van der Waals surface area contributed by atoms with Gasteiger partial charge >= 0.3 is 5.97 Å². The summed E-state index contributed by atoms with van der Waals surface area (Å²) < 4.78 is 39.6. The maximum Gasteiger partial charge on any atom is 0.304 e. The Hall–Kier alpha value is -4.19. The molecule has 0 saturated carbocycles. The fourth-order valence-electron chi connectivity index (χ4n) is 3.45. The summed E-state index contributed by atoms with van der Waals surface area (Å²) in [6.07, 6.45) is 6.49. The zero-order chi connectivity index (χ0) is 25.2. The van der Waals surface area contributed by atoms with Crippen molar-refractivity contribution in [3.8, 4) is 5.69 Å². The number of hydrogen-bond acceptors (Lipinski definition) is 7. The minimum Gasteiger partial charge on any atom is -0.481 e. The second kappa shape index (κ2) is 9.58. The first kappa shape index (κ1) is 24.0. The van der Waals surface area contributed by atoms with Gasteiger partial charge in [-0.15, -0.1) is 0 Å². The molecule has 10 nitrogen and oxygen atoms in total. The monoisotopic (exact) mass is 497 g/mol. The molecule has 0 aliphatic heterocycles. The molecule has 4 aromatic rings. The van der Waals surface area contributed by atoms with Crippen molar-refractivity contribution in [1.82, 2.24) is 25.1 Å². The Kier molecular flexibility index (Phi) is 6.56. The number of rotatable bonds is 8. The number of nitrogens with zero attached hydrogens (tertiary/aromatic N) is 4. The van der Waals surface area contributed by atoms with Gasteiger partial charge in [-0.25, -0.2) is 17.5 Å². The van der Waals surface area contributed by atoms with Crippen molar-refractivity contribution in [2.24, 2.45) is 0 Å². The summed E-state index contributed by atoms with van der Waals surface area (Å²) in [5.41, 5.74) is 1.82. The van der Waals surface area contributed by atoms with Crippen LogP contribution in [-0.2, 0) is 14.6 Å². The predicted octanol–water partition coefficient (Wildman–Crippen LogP) is 2.69. The molecule has 1 amide bonds. The molecule has 0 aliphatic rings. The van der Waals surface area contributed by atoms with Gasteiger partial charge in [0.15, 0.2) is 9.84 Å². The van der Waals surface area contributed by atoms with Crippen LogP contribution in [0, 0.1) is 5.82 Å². The van der Waals surface area contributed by atoms with Crippen LogP contribution in [0.25, 0.3) is 16.6 Å². The molecule has 3 heterocycles. The number of benzene rings is 1. The lowest BCUT2D eigenvalue weighted by Crippen LogP contribution is -2.27. The summed E-state index contributed by atoms with van der Waals surface area (Å²) in [6, 6.07) is 6.46. The topological polar surface area (TPSA) is 144 Å². The molecule has 12 heteroatoms. The number of aliphatic carboxylic acids is 1. The lowest BCUT2D eigenvalue weighted by molar-refractivity contribution is -0.136. The third-order valence-corrected chi connectivity index (χ3v) is 7.02. The van der Waals surface area contributed by atoms with Crippen LogP contribution in [0.15, 0.2) is 66.2 Å². The highest BCUT2D eigenvalue weighted by atomic mass is 32.2. The Balaban J connectivity index is 1.57. The smallest absolute Gasteiger partial charge is 0.304 e. The number of carbonyl (C=O) groups excluding carboxylic acids is 1. The van der Waals surface area contributed by atoms with Crippen molar-refractivity contribution < 1.29 is 27.5 Å². The van der Waals surface area contributed by atoms with Crippen molar-refractivity contribution >= 4 is 32.6 Å². The number of carboxylic acids is 1. The van der Waals surface area contributed by atoms with Crippen molar-refractivity contribution in [2.75, 3.05) is 5.75 Å². The highest BCUT2D eigenvalue weighted by Crippen LogP contribution is 2.23. The summed E-state index contributed by atoms with van der Waals surface area (Å²) in [4.78, 5) is 31.7. The Morgan fingerprint density at radius 3 is 2.51 bits per heavy atom. The van der Waals surface area contributed by atoms with Crippen LogP contribution in [0.3, 0.4) is 0 Å². The van der Waals surface area contributed by atoms with E-state index in [-0.39, 0.29) is 16.3 Å². The van der Waals surface area contributed by atoms with E-state index in [1.807, 2.05) is 0 Å². The Morgan fingerprint density at radius 1 is 1.09 bits per heavy atom. The van der Waals surface area contributed by atoms with E-state index in [4.69, 9.17) is 5.11 Å². The Bertz CT molecular complexity index is 1520. The number of carboxylic acid groups (broad SMARTS) is 1. The molecule has 0 unspecified atom stereocenters. The van der Waals surface area contributed by atoms with Gasteiger partial charge in [-0.3, -0.25) is 19.6 Å². The molecule has 0 saturated heterocycles. The van der Waals surface area contributed by atoms with E-state index in [9.17, 15) is 22.4 Å². The van der Waals surface area contributed by atoms with E-state index in [0.29, 0.717) is 22.2 Å². The third-order valence-electron chi connectivity index (χ3n) is 5.34. The van der Waals surface area contributed by atoms with Gasteiger partial charge in [-0.2, -0.15) is 5.10 Å². The lowest BCUT2D eigenvalue weighted by atomic mass is 10.1. The predicted molar refractivity (Wildman–Crippen MR) is 123 cm³/mol. The molecule has 35 heavy (non-hydrogen) atoms. The standard InChI is InChI=1S/C23H20FN5O5S/c1-14(15-8-18(10-25-9-15)35(33,34)7-6-22(30)31)28-23(32)20-11-26-13-21-19(20)12-27-29(21)17-4-2-16(24)3-5-17/h2-5,8-14H,6-7H2,1H3,(H,28,32)(H,30,31)/t14-/m0/s1. The minimum atomic E-state index is -3.85. The first-order valence-electron chi connectivity index (χ1n) is 10.4. The zero-order valence-corrected chi connectivity index (χ0v) is 19.2. The SMILES string of the molecule is C[C@H](NC(=O)c1cncc2c1cnn2-c1ccc(F)cc1)c1cncc(S(=O)(=O)CCC(=O)O)c1. The van der Waals surface area contributed by atoms with Gasteiger partial charge in [-0.1, -0.05) is 0 Å². The van der Waals surface area contributed by atoms with Crippen molar-refractivity contribution in [2.45, 2.75) is 24.3 Å². The lowest BCUT2D eigenvalue weighted by Gasteiger charge is -2.15. The number of amides is 1. The first-order valence-corrected chi connectivity index (χ1v) is 12.1. The largest absolute Gasteiger partial charge is 0.481 e. The summed E-state index contributed by atoms with van der Waals surface area (Å²) >= 11 is 0. The summed E-state index contributed by atoms with van der Waals surface area (Å²) in [5, 5.41) is 16.4. The van der Waals surface area contributed by atoms with Crippen LogP contribution in [0.5, 0.6) is 0 Å². The Labute approximate surface area is 199 Å². The number of fused-ring (bicyclic) bond motifs is 1. The molecular weight excluding hydrogens is 477 g/mol. The number of aromatic nitrogens is 4. The van der Waals surface area contributed by atoms with E-state index in [0.717, 1.165) is 6.20 Å². The fourth-order valence-corrected chi connectivity index (χ4v) is 4.67. The molecular formula is C23H20FN5O5S. The molecule has 0 radical (unpaired) electrons. The van der Waals surface area contributed by atoms with E-state index in [1.165, 1.54) is 41.5 Å². The van der Waals surface area contributed by atoms with Crippen LogP contribution < -0.4 is 5.32 Å². The average Bonchev–Trinajstić information content (AvgIpc) is 3.27. The van der Waals surface area contributed by atoms with Crippen molar-refractivity contribution in [1.29, 1.82) is 0 Å². The van der Waals surface area contributed by atoms with E-state index >= 15 is 0 Å². The third kappa shape index (κ3) is 5.17. The van der Waals surface area contributed by atoms with E-state index in [1.54, 1.807) is 25.3 Å². The maximum absolute atomic E-state index is 13.3. The second-order valence-electron chi connectivity index (χ2n) is 7.76. The van der Waals surface area contributed by atoms with E-state index < -0.39 is 39.9 Å². The van der Waals surface area contributed by atoms with Gasteiger partial charge in [0.25, 0.3) is 5.91 Å². The molecule has 1 aromatic carbocycles. The second-order valence-corrected chi connectivity index (χ2v) is 9.87. The van der Waals surface area contributed by atoms with Gasteiger partial charge < -0.3 is 10.4 Å². The van der Waals surface area contributed by atoms with Gasteiger partial charge in [0.1, 0.15) is 5.82 Å². The van der Waals surface area contributed by atoms with Crippen LogP contribution in [0.2, 0.25) is 0 Å². The average molecular weight is 498 g/mol. The molecule has 4 rings (SSSR count). The van der Waals surface area contributed by atoms with Gasteiger partial charge in [-0.05, 0) is 42.8 Å². The number of halogens is 1. The van der Waals surface area contributed by atoms with Crippen LogP contribution in [0.1, 0.15) is 35.3 Å². The number of sulfone groups is 1. The molecule has 0 fully saturated rings. The molecule has 0 bridgehead atoms. The highest BCUT2D eigenvalue weighted by molar-refractivity contribution is 7.91. The number of hydrogen-bond donors (Lipinski definition) is 2. The molecule has 0 aliphatic carbocycles. The molecule has 3 aromatic heterocycles. The van der Waals surface area contributed by atoms with Crippen LogP contribution >= 0.6 is 0 Å². The first-order chi connectivity index (χ1) is 16.7. The van der Waals surface area contributed by atoms with Gasteiger partial charge in [0, 0.05) is 24.0 Å². The summed E-state index contributed by atoms with van der Waals surface area (Å²) in [5.74, 6) is -2.62. The number of carbonyl (C=O) groups is 2. The van der Waals surface area contributed by atoms with Crippen molar-refractivity contribution in [3.63, 3.8) is 0 Å². The van der Waals surface area contributed by atoms with Crippen LogP contribution in [-0.4, -0.2) is 50.9 Å². The molecule has 0 spiro atoms. The molecule has 2 N–H and O–H groups in total. The normalized spacial score (nSPS) is 12.4. The Morgan fingerprint density at radius 2 is 1.80 bits per heavy atom. The molecule has 1 atom stereocenters. The van der Waals surface area contributed by atoms with Crippen LogP contribution in [0.4, 0.5) is 4.39 Å². The number of nitrogens with one attached hydrogen (secondary N) is 1. The summed E-state index contributed by atoms with van der Waals surface area (Å²) in [6.45, 7) is 1.66. The zero-order valence-electron chi connectivity index (χ0n) is 18.4. The van der Waals surface area contributed by atoms with Gasteiger partial charge in [0.05, 0.1) is 52.3 Å². The molecule has 180 valence electrons. The van der Waals surface area contributed by atoms with Crippen molar-refractivity contribution in [3.05, 3.63) is 78.3 Å². The van der Waals surface area contributed by atoms with E-state index in [2.05, 4.69) is 20.4 Å². The summed E-state index contributed by atoms with van der Waals surface area (Å²) in [7, 11) is -3.85. The quantitative estimate of drug-likeness (QED) is 0.378. The minimum absolute atomic E-state index is 0.123. The fraction of sp³-hybridized carbons (Fsp3) is 0.174. The highest BCUT2D eigenvalue weighted by Gasteiger charge is 2.21. The number of pyridine rings is 2.